The molecule has 0 radical (unpaired) electrons. The van der Waals surface area contributed by atoms with E-state index in [4.69, 9.17) is 16.3 Å². The molecule has 4 nitrogen and oxygen atoms in total. The number of nitrogens with zero attached hydrogens (tertiary/aromatic N) is 1. The average Bonchev–Trinajstić information content (AvgIpc) is 2.14. The minimum absolute atomic E-state index is 0.131. The first-order chi connectivity index (χ1) is 6.58. The van der Waals surface area contributed by atoms with Crippen molar-refractivity contribution in [2.24, 2.45) is 0 Å². The number of ether oxygens (including phenoxy) is 1. The summed E-state index contributed by atoms with van der Waals surface area (Å²) < 4.78 is 29.5. The van der Waals surface area contributed by atoms with Crippen molar-refractivity contribution in [1.82, 2.24) is 4.31 Å². The topological polar surface area (TPSA) is 46.6 Å². The molecule has 14 heavy (non-hydrogen) atoms. The van der Waals surface area contributed by atoms with Crippen molar-refractivity contribution in [3.63, 3.8) is 0 Å². The average molecular weight is 244 g/mol. The minimum atomic E-state index is -3.14. The fourth-order valence-corrected chi connectivity index (χ4v) is 2.91. The number of hydrogen-bond donors (Lipinski definition) is 0. The molecule has 0 rings (SSSR count). The van der Waals surface area contributed by atoms with Crippen molar-refractivity contribution in [3.05, 3.63) is 0 Å². The van der Waals surface area contributed by atoms with Crippen LogP contribution in [0.25, 0.3) is 0 Å². The summed E-state index contributed by atoms with van der Waals surface area (Å²) in [5, 5.41) is 0. The van der Waals surface area contributed by atoms with Crippen molar-refractivity contribution in [2.75, 3.05) is 38.4 Å². The second-order valence-electron chi connectivity index (χ2n) is 2.84. The van der Waals surface area contributed by atoms with Crippen LogP contribution in [0, 0.1) is 0 Å². The molecule has 0 bridgehead atoms. The van der Waals surface area contributed by atoms with E-state index in [1.54, 1.807) is 14.0 Å². The summed E-state index contributed by atoms with van der Waals surface area (Å²) in [6, 6.07) is 0. The second-order valence-corrected chi connectivity index (χ2v) is 5.31. The number of methoxy groups -OCH3 is 1. The molecule has 0 saturated heterocycles. The van der Waals surface area contributed by atoms with Gasteiger partial charge >= 0.3 is 0 Å². The molecule has 0 aromatic heterocycles. The molecule has 0 aliphatic heterocycles. The van der Waals surface area contributed by atoms with Gasteiger partial charge in [-0.25, -0.2) is 12.7 Å². The highest BCUT2D eigenvalue weighted by molar-refractivity contribution is 7.89. The van der Waals surface area contributed by atoms with Crippen LogP contribution in [0.15, 0.2) is 0 Å². The Kier molecular flexibility index (Phi) is 7.54. The summed E-state index contributed by atoms with van der Waals surface area (Å²) in [6.45, 7) is 3.13. The van der Waals surface area contributed by atoms with Crippen molar-refractivity contribution in [3.8, 4) is 0 Å². The van der Waals surface area contributed by atoms with Gasteiger partial charge in [-0.15, -0.1) is 11.6 Å². The van der Waals surface area contributed by atoms with E-state index in [9.17, 15) is 8.42 Å². The van der Waals surface area contributed by atoms with E-state index in [-0.39, 0.29) is 5.75 Å². The molecule has 0 aliphatic carbocycles. The molecule has 0 fully saturated rings. The van der Waals surface area contributed by atoms with Gasteiger partial charge in [0.15, 0.2) is 0 Å². The second kappa shape index (κ2) is 7.45. The van der Waals surface area contributed by atoms with Crippen LogP contribution in [0.1, 0.15) is 13.3 Å². The summed E-state index contributed by atoms with van der Waals surface area (Å²) in [5.41, 5.74) is 0. The zero-order valence-electron chi connectivity index (χ0n) is 8.70. The van der Waals surface area contributed by atoms with Gasteiger partial charge in [-0.2, -0.15) is 0 Å². The maximum atomic E-state index is 11.6. The summed E-state index contributed by atoms with van der Waals surface area (Å²) in [7, 11) is -1.58. The van der Waals surface area contributed by atoms with Gasteiger partial charge in [0.25, 0.3) is 0 Å². The Labute approximate surface area is 91.2 Å². The van der Waals surface area contributed by atoms with Gasteiger partial charge in [0.2, 0.25) is 10.0 Å². The lowest BCUT2D eigenvalue weighted by molar-refractivity contribution is 0.199. The van der Waals surface area contributed by atoms with E-state index in [0.717, 1.165) is 0 Å². The smallest absolute Gasteiger partial charge is 0.214 e. The molecule has 86 valence electrons. The lowest BCUT2D eigenvalue weighted by Gasteiger charge is -2.18. The SMILES string of the molecule is CCN(CCCl)S(=O)(=O)CCCOC. The Morgan fingerprint density at radius 3 is 2.50 bits per heavy atom. The zero-order valence-corrected chi connectivity index (χ0v) is 10.3. The number of halogens is 1. The third kappa shape index (κ3) is 5.14. The van der Waals surface area contributed by atoms with Crippen LogP contribution in [-0.2, 0) is 14.8 Å². The molecule has 0 N–H and O–H groups in total. The van der Waals surface area contributed by atoms with Crippen LogP contribution in [0.3, 0.4) is 0 Å². The van der Waals surface area contributed by atoms with E-state index in [1.807, 2.05) is 0 Å². The number of alkyl halides is 1. The largest absolute Gasteiger partial charge is 0.385 e. The third-order valence-electron chi connectivity index (χ3n) is 1.83. The number of rotatable bonds is 8. The summed E-state index contributed by atoms with van der Waals surface area (Å²) >= 11 is 5.51. The van der Waals surface area contributed by atoms with Crippen molar-refractivity contribution in [2.45, 2.75) is 13.3 Å². The minimum Gasteiger partial charge on any atom is -0.385 e. The highest BCUT2D eigenvalue weighted by Crippen LogP contribution is 2.03. The lowest BCUT2D eigenvalue weighted by atomic mass is 10.5. The van der Waals surface area contributed by atoms with E-state index >= 15 is 0 Å². The van der Waals surface area contributed by atoms with Gasteiger partial charge in [-0.05, 0) is 6.42 Å². The molecule has 0 heterocycles. The van der Waals surface area contributed by atoms with E-state index < -0.39 is 10.0 Å². The maximum absolute atomic E-state index is 11.6. The summed E-state index contributed by atoms with van der Waals surface area (Å²) in [4.78, 5) is 0. The quantitative estimate of drug-likeness (QED) is 0.470. The van der Waals surface area contributed by atoms with Crippen LogP contribution in [0.5, 0.6) is 0 Å². The number of sulfonamides is 1. The molecular formula is C8H18ClNO3S. The molecule has 0 saturated carbocycles. The maximum Gasteiger partial charge on any atom is 0.214 e. The van der Waals surface area contributed by atoms with E-state index in [0.29, 0.717) is 32.0 Å². The first kappa shape index (κ1) is 14.2. The lowest BCUT2D eigenvalue weighted by Crippen LogP contribution is -2.34. The van der Waals surface area contributed by atoms with Gasteiger partial charge < -0.3 is 4.74 Å². The Morgan fingerprint density at radius 2 is 2.07 bits per heavy atom. The molecule has 0 atom stereocenters. The first-order valence-corrected chi connectivity index (χ1v) is 6.75. The first-order valence-electron chi connectivity index (χ1n) is 4.61. The molecule has 0 aromatic carbocycles. The predicted molar refractivity (Wildman–Crippen MR) is 58.2 cm³/mol. The summed E-state index contributed by atoms with van der Waals surface area (Å²) in [5.74, 6) is 0.461. The Hall–Kier alpha value is 0.160. The molecule has 0 unspecified atom stereocenters. The predicted octanol–water partition coefficient (Wildman–Crippen LogP) is 0.913. The Balaban J connectivity index is 4.12. The molecule has 0 aromatic rings. The van der Waals surface area contributed by atoms with Crippen molar-refractivity contribution in [1.29, 1.82) is 0 Å². The van der Waals surface area contributed by atoms with Crippen LogP contribution < -0.4 is 0 Å². The van der Waals surface area contributed by atoms with E-state index in [2.05, 4.69) is 0 Å². The van der Waals surface area contributed by atoms with Crippen LogP contribution in [-0.4, -0.2) is 51.2 Å². The Bertz CT molecular complexity index is 231. The van der Waals surface area contributed by atoms with Crippen LogP contribution in [0.4, 0.5) is 0 Å². The van der Waals surface area contributed by atoms with Crippen LogP contribution >= 0.6 is 11.6 Å². The Morgan fingerprint density at radius 1 is 1.43 bits per heavy atom. The molecule has 0 spiro atoms. The molecule has 0 amide bonds. The fourth-order valence-electron chi connectivity index (χ4n) is 1.10. The number of hydrogen-bond acceptors (Lipinski definition) is 3. The molecule has 6 heteroatoms. The molecular weight excluding hydrogens is 226 g/mol. The van der Waals surface area contributed by atoms with Gasteiger partial charge in [0.05, 0.1) is 5.75 Å². The summed E-state index contributed by atoms with van der Waals surface area (Å²) in [6.07, 6.45) is 0.525. The molecule has 0 aliphatic rings. The fraction of sp³-hybridized carbons (Fsp3) is 1.00. The zero-order chi connectivity index (χ0) is 11.0. The monoisotopic (exact) mass is 243 g/mol. The van der Waals surface area contributed by atoms with Gasteiger partial charge in [-0.1, -0.05) is 6.92 Å². The normalized spacial score (nSPS) is 12.3. The van der Waals surface area contributed by atoms with E-state index in [1.165, 1.54) is 4.31 Å². The van der Waals surface area contributed by atoms with Gasteiger partial charge in [-0.3, -0.25) is 0 Å². The highest BCUT2D eigenvalue weighted by atomic mass is 35.5. The highest BCUT2D eigenvalue weighted by Gasteiger charge is 2.18. The third-order valence-corrected chi connectivity index (χ3v) is 4.03. The van der Waals surface area contributed by atoms with Crippen LogP contribution in [0.2, 0.25) is 0 Å². The van der Waals surface area contributed by atoms with Crippen molar-refractivity contribution < 1.29 is 13.2 Å². The van der Waals surface area contributed by atoms with Crippen molar-refractivity contribution >= 4 is 21.6 Å². The van der Waals surface area contributed by atoms with Gasteiger partial charge in [0, 0.05) is 32.7 Å². The standard InChI is InChI=1S/C8H18ClNO3S/c1-3-10(6-5-9)14(11,12)8-4-7-13-2/h3-8H2,1-2H3. The van der Waals surface area contributed by atoms with Gasteiger partial charge in [0.1, 0.15) is 0 Å².